The minimum atomic E-state index is -3.68. The number of rotatable bonds is 10. The van der Waals surface area contributed by atoms with Gasteiger partial charge in [-0.15, -0.1) is 0 Å². The third kappa shape index (κ3) is 5.82. The zero-order valence-electron chi connectivity index (χ0n) is 14.2. The Hall–Kier alpha value is -1.93. The van der Waals surface area contributed by atoms with Crippen LogP contribution in [0.25, 0.3) is 0 Å². The number of carbonyl (C=O) groups is 2. The van der Waals surface area contributed by atoms with Gasteiger partial charge in [-0.2, -0.15) is 0 Å². The van der Waals surface area contributed by atoms with E-state index >= 15 is 0 Å². The molecule has 1 amide bonds. The zero-order chi connectivity index (χ0) is 18.4. The van der Waals surface area contributed by atoms with Crippen molar-refractivity contribution in [3.63, 3.8) is 0 Å². The Labute approximate surface area is 147 Å². The monoisotopic (exact) mass is 368 g/mol. The number of carbonyl (C=O) groups excluding carboxylic acids is 1. The number of nitrogens with one attached hydrogen (secondary N) is 2. The van der Waals surface area contributed by atoms with Gasteiger partial charge < -0.3 is 10.4 Å². The summed E-state index contributed by atoms with van der Waals surface area (Å²) in [5, 5.41) is 11.6. The van der Waals surface area contributed by atoms with Crippen LogP contribution in [0.15, 0.2) is 29.2 Å². The SMILES string of the molecule is CCCCC(NC(=O)c1cccc(S(=O)(=O)NCC2CC2)c1)C(=O)O. The lowest BCUT2D eigenvalue weighted by Crippen LogP contribution is -2.40. The van der Waals surface area contributed by atoms with Crippen molar-refractivity contribution in [2.75, 3.05) is 6.54 Å². The van der Waals surface area contributed by atoms with Crippen molar-refractivity contribution in [2.24, 2.45) is 5.92 Å². The summed E-state index contributed by atoms with van der Waals surface area (Å²) in [4.78, 5) is 23.5. The predicted octanol–water partition coefficient (Wildman–Crippen LogP) is 1.75. The number of unbranched alkanes of at least 4 members (excludes halogenated alkanes) is 1. The topological polar surface area (TPSA) is 113 Å². The minimum absolute atomic E-state index is 0.00114. The summed E-state index contributed by atoms with van der Waals surface area (Å²) in [5.74, 6) is -1.30. The molecule has 1 aliphatic rings. The number of carboxylic acid groups (broad SMARTS) is 1. The van der Waals surface area contributed by atoms with Crippen LogP contribution in [0.1, 0.15) is 49.4 Å². The van der Waals surface area contributed by atoms with Crippen molar-refractivity contribution >= 4 is 21.9 Å². The fourth-order valence-electron chi connectivity index (χ4n) is 2.34. The average molecular weight is 368 g/mol. The van der Waals surface area contributed by atoms with E-state index in [-0.39, 0.29) is 10.5 Å². The second-order valence-corrected chi connectivity index (χ2v) is 8.10. The highest BCUT2D eigenvalue weighted by molar-refractivity contribution is 7.89. The smallest absolute Gasteiger partial charge is 0.326 e. The highest BCUT2D eigenvalue weighted by Crippen LogP contribution is 2.28. The van der Waals surface area contributed by atoms with Gasteiger partial charge in [0.05, 0.1) is 4.90 Å². The summed E-state index contributed by atoms with van der Waals surface area (Å²) in [5.41, 5.74) is 0.122. The van der Waals surface area contributed by atoms with Gasteiger partial charge in [-0.3, -0.25) is 4.79 Å². The molecule has 2 rings (SSSR count). The van der Waals surface area contributed by atoms with Crippen LogP contribution in [-0.2, 0) is 14.8 Å². The van der Waals surface area contributed by atoms with Crippen LogP contribution in [0.5, 0.6) is 0 Å². The van der Waals surface area contributed by atoms with Crippen molar-refractivity contribution in [2.45, 2.75) is 50.0 Å². The summed E-state index contributed by atoms with van der Waals surface area (Å²) < 4.78 is 27.1. The lowest BCUT2D eigenvalue weighted by atomic mass is 10.1. The number of amides is 1. The number of carboxylic acids is 1. The number of hydrogen-bond donors (Lipinski definition) is 3. The van der Waals surface area contributed by atoms with Gasteiger partial charge in [0, 0.05) is 12.1 Å². The molecule has 1 unspecified atom stereocenters. The lowest BCUT2D eigenvalue weighted by molar-refractivity contribution is -0.139. The van der Waals surface area contributed by atoms with Gasteiger partial charge in [0.2, 0.25) is 10.0 Å². The first-order valence-electron chi connectivity index (χ1n) is 8.47. The summed E-state index contributed by atoms with van der Waals surface area (Å²) in [7, 11) is -3.68. The van der Waals surface area contributed by atoms with Crippen LogP contribution in [0.2, 0.25) is 0 Å². The predicted molar refractivity (Wildman–Crippen MR) is 92.8 cm³/mol. The Kier molecular flexibility index (Phi) is 6.55. The van der Waals surface area contributed by atoms with Crippen LogP contribution < -0.4 is 10.0 Å². The molecule has 1 aromatic carbocycles. The van der Waals surface area contributed by atoms with E-state index in [4.69, 9.17) is 0 Å². The largest absolute Gasteiger partial charge is 0.480 e. The molecule has 1 aliphatic carbocycles. The molecule has 0 bridgehead atoms. The van der Waals surface area contributed by atoms with E-state index in [9.17, 15) is 23.1 Å². The average Bonchev–Trinajstić information content (AvgIpc) is 3.41. The van der Waals surface area contributed by atoms with Gasteiger partial charge in [-0.05, 0) is 43.4 Å². The molecule has 0 heterocycles. The van der Waals surface area contributed by atoms with Crippen LogP contribution in [-0.4, -0.2) is 38.0 Å². The molecule has 1 saturated carbocycles. The van der Waals surface area contributed by atoms with Gasteiger partial charge in [0.25, 0.3) is 5.91 Å². The maximum Gasteiger partial charge on any atom is 0.326 e. The molecule has 1 fully saturated rings. The maximum atomic E-state index is 12.3. The van der Waals surface area contributed by atoms with Crippen molar-refractivity contribution in [3.8, 4) is 0 Å². The zero-order valence-corrected chi connectivity index (χ0v) is 15.0. The minimum Gasteiger partial charge on any atom is -0.480 e. The molecule has 0 saturated heterocycles. The molecule has 138 valence electrons. The van der Waals surface area contributed by atoms with E-state index in [1.54, 1.807) is 0 Å². The highest BCUT2D eigenvalue weighted by Gasteiger charge is 2.25. The normalized spacial score (nSPS) is 15.6. The van der Waals surface area contributed by atoms with E-state index in [1.807, 2.05) is 6.92 Å². The molecular weight excluding hydrogens is 344 g/mol. The number of sulfonamides is 1. The van der Waals surface area contributed by atoms with Crippen molar-refractivity contribution in [1.82, 2.24) is 10.0 Å². The number of aliphatic carboxylic acids is 1. The molecule has 1 atom stereocenters. The third-order valence-corrected chi connectivity index (χ3v) is 5.54. The summed E-state index contributed by atoms with van der Waals surface area (Å²) in [6.45, 7) is 2.33. The summed E-state index contributed by atoms with van der Waals surface area (Å²) in [6.07, 6.45) is 3.88. The molecule has 1 aromatic rings. The molecule has 0 radical (unpaired) electrons. The highest BCUT2D eigenvalue weighted by atomic mass is 32.2. The first kappa shape index (κ1) is 19.4. The molecule has 8 heteroatoms. The van der Waals surface area contributed by atoms with E-state index in [2.05, 4.69) is 10.0 Å². The Morgan fingerprint density at radius 2 is 2.04 bits per heavy atom. The second kappa shape index (κ2) is 8.44. The molecule has 0 aromatic heterocycles. The van der Waals surface area contributed by atoms with Gasteiger partial charge in [0.15, 0.2) is 0 Å². The standard InChI is InChI=1S/C17H24N2O5S/c1-2-3-7-15(17(21)22)19-16(20)13-5-4-6-14(10-13)25(23,24)18-11-12-8-9-12/h4-6,10,12,15,18H,2-3,7-9,11H2,1H3,(H,19,20)(H,21,22). The summed E-state index contributed by atoms with van der Waals surface area (Å²) in [6, 6.07) is 4.64. The van der Waals surface area contributed by atoms with Crippen LogP contribution in [0.3, 0.4) is 0 Å². The van der Waals surface area contributed by atoms with Crippen LogP contribution in [0, 0.1) is 5.92 Å². The molecular formula is C17H24N2O5S. The van der Waals surface area contributed by atoms with Gasteiger partial charge in [-0.25, -0.2) is 17.9 Å². The Balaban J connectivity index is 2.08. The number of benzene rings is 1. The molecule has 25 heavy (non-hydrogen) atoms. The maximum absolute atomic E-state index is 12.3. The van der Waals surface area contributed by atoms with Crippen LogP contribution in [0.4, 0.5) is 0 Å². The van der Waals surface area contributed by atoms with E-state index in [0.717, 1.165) is 19.3 Å². The molecule has 3 N–H and O–H groups in total. The first-order valence-corrected chi connectivity index (χ1v) is 9.95. The Morgan fingerprint density at radius 1 is 1.32 bits per heavy atom. The van der Waals surface area contributed by atoms with Crippen LogP contribution >= 0.6 is 0 Å². The Bertz CT molecular complexity index is 728. The van der Waals surface area contributed by atoms with E-state index < -0.39 is 27.9 Å². The van der Waals surface area contributed by atoms with Gasteiger partial charge in [-0.1, -0.05) is 25.8 Å². The van der Waals surface area contributed by atoms with E-state index in [1.165, 1.54) is 24.3 Å². The fraction of sp³-hybridized carbons (Fsp3) is 0.529. The van der Waals surface area contributed by atoms with Crippen molar-refractivity contribution in [3.05, 3.63) is 29.8 Å². The van der Waals surface area contributed by atoms with Crippen molar-refractivity contribution < 1.29 is 23.1 Å². The molecule has 0 spiro atoms. The second-order valence-electron chi connectivity index (χ2n) is 6.33. The quantitative estimate of drug-likeness (QED) is 0.582. The van der Waals surface area contributed by atoms with Gasteiger partial charge >= 0.3 is 5.97 Å². The van der Waals surface area contributed by atoms with E-state index in [0.29, 0.717) is 25.3 Å². The fourth-order valence-corrected chi connectivity index (χ4v) is 3.51. The first-order chi connectivity index (χ1) is 11.8. The Morgan fingerprint density at radius 3 is 2.64 bits per heavy atom. The lowest BCUT2D eigenvalue weighted by Gasteiger charge is -2.14. The van der Waals surface area contributed by atoms with Crippen molar-refractivity contribution in [1.29, 1.82) is 0 Å². The molecule has 0 aliphatic heterocycles. The molecule has 7 nitrogen and oxygen atoms in total. The summed E-state index contributed by atoms with van der Waals surface area (Å²) >= 11 is 0. The third-order valence-electron chi connectivity index (χ3n) is 4.12. The van der Waals surface area contributed by atoms with Gasteiger partial charge in [0.1, 0.15) is 6.04 Å². The number of hydrogen-bond acceptors (Lipinski definition) is 4.